The Morgan fingerprint density at radius 1 is 1.17 bits per heavy atom. The molecule has 0 spiro atoms. The molecule has 3 nitrogen and oxygen atoms in total. The molecule has 0 aliphatic carbocycles. The molecule has 0 bridgehead atoms. The summed E-state index contributed by atoms with van der Waals surface area (Å²) in [6.07, 6.45) is 2.50. The van der Waals surface area contributed by atoms with E-state index in [0.717, 1.165) is 41.8 Å². The maximum atomic E-state index is 11.2. The molecule has 0 aliphatic rings. The van der Waals surface area contributed by atoms with E-state index in [1.54, 1.807) is 0 Å². The minimum atomic E-state index is 0.751. The van der Waals surface area contributed by atoms with Gasteiger partial charge >= 0.3 is 0 Å². The summed E-state index contributed by atoms with van der Waals surface area (Å²) in [6.45, 7) is 6.13. The lowest BCUT2D eigenvalue weighted by atomic mass is 10.1. The zero-order valence-electron chi connectivity index (χ0n) is 11.1. The molecule has 0 saturated heterocycles. The van der Waals surface area contributed by atoms with Crippen molar-refractivity contribution in [2.75, 3.05) is 0 Å². The first kappa shape index (κ1) is 12.6. The normalized spacial score (nSPS) is 10.6. The minimum absolute atomic E-state index is 0.751. The topological polar surface area (TPSA) is 34.9 Å². The fraction of sp³-hybridized carbons (Fsp3) is 0.333. The van der Waals surface area contributed by atoms with Crippen LogP contribution in [0, 0.1) is 6.92 Å². The Bertz CT molecular complexity index is 553. The molecule has 1 heterocycles. The molecule has 3 heteroatoms. The number of hydrogen-bond donors (Lipinski definition) is 0. The van der Waals surface area contributed by atoms with E-state index in [0.29, 0.717) is 0 Å². The summed E-state index contributed by atoms with van der Waals surface area (Å²) in [4.78, 5) is 11.2. The molecule has 0 aliphatic heterocycles. The summed E-state index contributed by atoms with van der Waals surface area (Å²) in [5, 5.41) is 4.56. The molecule has 0 saturated carbocycles. The van der Waals surface area contributed by atoms with Gasteiger partial charge in [-0.15, -0.1) is 0 Å². The lowest BCUT2D eigenvalue weighted by Crippen LogP contribution is -2.02. The first-order chi connectivity index (χ1) is 8.71. The largest absolute Gasteiger partial charge is 0.298 e. The highest BCUT2D eigenvalue weighted by atomic mass is 16.1. The Balaban J connectivity index is 2.59. The number of nitrogens with zero attached hydrogens (tertiary/aromatic N) is 2. The zero-order chi connectivity index (χ0) is 13.1. The molecule has 2 aromatic rings. The van der Waals surface area contributed by atoms with Gasteiger partial charge < -0.3 is 0 Å². The first-order valence-electron chi connectivity index (χ1n) is 6.34. The van der Waals surface area contributed by atoms with Crippen LogP contribution in [0.3, 0.4) is 0 Å². The molecule has 1 aromatic carbocycles. The van der Waals surface area contributed by atoms with Crippen LogP contribution >= 0.6 is 0 Å². The van der Waals surface area contributed by atoms with Gasteiger partial charge in [-0.05, 0) is 31.9 Å². The van der Waals surface area contributed by atoms with Crippen molar-refractivity contribution in [1.82, 2.24) is 9.78 Å². The quantitative estimate of drug-likeness (QED) is 0.772. The van der Waals surface area contributed by atoms with E-state index in [4.69, 9.17) is 0 Å². The monoisotopic (exact) mass is 242 g/mol. The first-order valence-corrected chi connectivity index (χ1v) is 6.34. The fourth-order valence-electron chi connectivity index (χ4n) is 2.15. The minimum Gasteiger partial charge on any atom is -0.298 e. The second-order valence-electron chi connectivity index (χ2n) is 4.38. The highest BCUT2D eigenvalue weighted by Gasteiger charge is 2.15. The Morgan fingerprint density at radius 3 is 2.33 bits per heavy atom. The van der Waals surface area contributed by atoms with Gasteiger partial charge in [0.05, 0.1) is 22.6 Å². The Hall–Kier alpha value is -1.90. The van der Waals surface area contributed by atoms with Gasteiger partial charge in [0.2, 0.25) is 0 Å². The number of aldehydes is 1. The van der Waals surface area contributed by atoms with Crippen LogP contribution in [-0.2, 0) is 12.8 Å². The Kier molecular flexibility index (Phi) is 3.60. The van der Waals surface area contributed by atoms with E-state index in [1.165, 1.54) is 5.56 Å². The molecule has 0 fully saturated rings. The van der Waals surface area contributed by atoms with E-state index in [1.807, 2.05) is 30.7 Å². The molecular formula is C15H18N2O. The van der Waals surface area contributed by atoms with E-state index in [2.05, 4.69) is 24.2 Å². The van der Waals surface area contributed by atoms with Gasteiger partial charge in [0.25, 0.3) is 0 Å². The number of aromatic nitrogens is 2. The number of rotatable bonds is 4. The average Bonchev–Trinajstić information content (AvgIpc) is 2.77. The maximum Gasteiger partial charge on any atom is 0.153 e. The average molecular weight is 242 g/mol. The summed E-state index contributed by atoms with van der Waals surface area (Å²) in [5.74, 6) is 0. The summed E-state index contributed by atoms with van der Waals surface area (Å²) >= 11 is 0. The highest BCUT2D eigenvalue weighted by molar-refractivity contribution is 5.78. The van der Waals surface area contributed by atoms with Crippen LogP contribution in [0.1, 0.15) is 41.2 Å². The van der Waals surface area contributed by atoms with Gasteiger partial charge in [-0.25, -0.2) is 4.68 Å². The van der Waals surface area contributed by atoms with Gasteiger partial charge in [0.15, 0.2) is 6.29 Å². The second-order valence-corrected chi connectivity index (χ2v) is 4.38. The molecule has 0 N–H and O–H groups in total. The van der Waals surface area contributed by atoms with Crippen LogP contribution in [0.2, 0.25) is 0 Å². The fourth-order valence-corrected chi connectivity index (χ4v) is 2.15. The number of hydrogen-bond acceptors (Lipinski definition) is 2. The van der Waals surface area contributed by atoms with Crippen molar-refractivity contribution in [3.63, 3.8) is 0 Å². The third kappa shape index (κ3) is 2.08. The predicted octanol–water partition coefficient (Wildman–Crippen LogP) is 3.12. The van der Waals surface area contributed by atoms with Crippen molar-refractivity contribution in [1.29, 1.82) is 0 Å². The second kappa shape index (κ2) is 5.17. The molecule has 0 radical (unpaired) electrons. The molecular weight excluding hydrogens is 224 g/mol. The van der Waals surface area contributed by atoms with Crippen LogP contribution in [0.5, 0.6) is 0 Å². The van der Waals surface area contributed by atoms with Gasteiger partial charge in [-0.1, -0.05) is 31.5 Å². The Morgan fingerprint density at radius 2 is 1.83 bits per heavy atom. The van der Waals surface area contributed by atoms with Gasteiger partial charge in [0.1, 0.15) is 0 Å². The summed E-state index contributed by atoms with van der Waals surface area (Å²) in [5.41, 5.74) is 4.85. The number of carbonyl (C=O) groups is 1. The van der Waals surface area contributed by atoms with E-state index < -0.39 is 0 Å². The van der Waals surface area contributed by atoms with Crippen LogP contribution in [0.15, 0.2) is 24.3 Å². The highest BCUT2D eigenvalue weighted by Crippen LogP contribution is 2.19. The maximum absolute atomic E-state index is 11.2. The summed E-state index contributed by atoms with van der Waals surface area (Å²) < 4.78 is 1.89. The van der Waals surface area contributed by atoms with Crippen molar-refractivity contribution < 1.29 is 4.79 Å². The van der Waals surface area contributed by atoms with Crippen molar-refractivity contribution in [3.8, 4) is 5.69 Å². The van der Waals surface area contributed by atoms with Crippen LogP contribution < -0.4 is 0 Å². The molecule has 0 amide bonds. The number of aryl methyl sites for hydroxylation is 2. The molecule has 0 unspecified atom stereocenters. The van der Waals surface area contributed by atoms with E-state index in [9.17, 15) is 4.79 Å². The molecule has 94 valence electrons. The number of benzene rings is 1. The summed E-state index contributed by atoms with van der Waals surface area (Å²) in [6, 6.07) is 8.19. The van der Waals surface area contributed by atoms with E-state index >= 15 is 0 Å². The van der Waals surface area contributed by atoms with Gasteiger partial charge in [0, 0.05) is 0 Å². The lowest BCUT2D eigenvalue weighted by Gasteiger charge is -2.06. The predicted molar refractivity (Wildman–Crippen MR) is 72.4 cm³/mol. The van der Waals surface area contributed by atoms with Crippen LogP contribution in [-0.4, -0.2) is 16.1 Å². The van der Waals surface area contributed by atoms with Crippen LogP contribution in [0.4, 0.5) is 0 Å². The standard InChI is InChI=1S/C15H18N2O/c1-4-14-13(10-18)15(5-2)17(16-14)12-8-6-11(3)7-9-12/h6-10H,4-5H2,1-3H3. The molecule has 2 rings (SSSR count). The SMILES string of the molecule is CCc1nn(-c2ccc(C)cc2)c(CC)c1C=O. The van der Waals surface area contributed by atoms with Crippen molar-refractivity contribution in [3.05, 3.63) is 46.8 Å². The van der Waals surface area contributed by atoms with Gasteiger partial charge in [-0.3, -0.25) is 4.79 Å². The summed E-state index contributed by atoms with van der Waals surface area (Å²) in [7, 11) is 0. The van der Waals surface area contributed by atoms with Gasteiger partial charge in [-0.2, -0.15) is 5.10 Å². The van der Waals surface area contributed by atoms with Crippen molar-refractivity contribution >= 4 is 6.29 Å². The van der Waals surface area contributed by atoms with E-state index in [-0.39, 0.29) is 0 Å². The van der Waals surface area contributed by atoms with Crippen molar-refractivity contribution in [2.45, 2.75) is 33.6 Å². The smallest absolute Gasteiger partial charge is 0.153 e. The Labute approximate surface area is 107 Å². The molecule has 1 aromatic heterocycles. The van der Waals surface area contributed by atoms with Crippen molar-refractivity contribution in [2.24, 2.45) is 0 Å². The lowest BCUT2D eigenvalue weighted by molar-refractivity contribution is 0.112. The molecule has 0 atom stereocenters. The third-order valence-electron chi connectivity index (χ3n) is 3.16. The third-order valence-corrected chi connectivity index (χ3v) is 3.16. The number of carbonyl (C=O) groups excluding carboxylic acids is 1. The van der Waals surface area contributed by atoms with Crippen LogP contribution in [0.25, 0.3) is 5.69 Å². The zero-order valence-corrected chi connectivity index (χ0v) is 11.1. The molecule has 18 heavy (non-hydrogen) atoms.